The van der Waals surface area contributed by atoms with Gasteiger partial charge in [-0.15, -0.1) is 36.2 Å². The van der Waals surface area contributed by atoms with Crippen molar-refractivity contribution in [3.8, 4) is 10.8 Å². The molecule has 3 N–H and O–H groups in total. The van der Waals surface area contributed by atoms with Gasteiger partial charge in [-0.05, 0) is 31.7 Å². The van der Waals surface area contributed by atoms with Crippen molar-refractivity contribution in [2.75, 3.05) is 6.54 Å². The monoisotopic (exact) mass is 375 g/mol. The maximum absolute atomic E-state index is 12.4. The Morgan fingerprint density at radius 2 is 2.00 bits per heavy atom. The number of aromatic nitrogens is 3. The van der Waals surface area contributed by atoms with Gasteiger partial charge in [0.1, 0.15) is 4.88 Å². The standard InChI is InChI=1S/C14H17N5OS.2ClH/c1-14(8-15,9-3-4-9)19-12(20)10-7-18-13(21-10)11-16-5-2-6-17-11;;/h2,5-7,9H,3-4,8,15H2,1H3,(H,19,20);2*1H. The van der Waals surface area contributed by atoms with E-state index in [1.807, 2.05) is 6.92 Å². The summed E-state index contributed by atoms with van der Waals surface area (Å²) in [7, 11) is 0. The molecule has 2 aromatic rings. The minimum Gasteiger partial charge on any atom is -0.345 e. The molecular weight excluding hydrogens is 357 g/mol. The van der Waals surface area contributed by atoms with E-state index >= 15 is 0 Å². The molecular formula is C14H19Cl2N5OS. The van der Waals surface area contributed by atoms with Gasteiger partial charge in [0.05, 0.1) is 11.7 Å². The molecule has 6 nitrogen and oxygen atoms in total. The van der Waals surface area contributed by atoms with Crippen LogP contribution in [0.2, 0.25) is 0 Å². The lowest BCUT2D eigenvalue weighted by Crippen LogP contribution is -2.53. The molecule has 9 heteroatoms. The van der Waals surface area contributed by atoms with Gasteiger partial charge in [-0.25, -0.2) is 15.0 Å². The number of rotatable bonds is 5. The minimum atomic E-state index is -0.329. The molecule has 23 heavy (non-hydrogen) atoms. The van der Waals surface area contributed by atoms with E-state index in [-0.39, 0.29) is 36.3 Å². The van der Waals surface area contributed by atoms with Crippen LogP contribution in [0.25, 0.3) is 10.8 Å². The third-order valence-corrected chi connectivity index (χ3v) is 4.78. The number of carbonyl (C=O) groups is 1. The highest BCUT2D eigenvalue weighted by Gasteiger charge is 2.41. The zero-order valence-electron chi connectivity index (χ0n) is 12.6. The Hall–Kier alpha value is -1.28. The molecule has 0 radical (unpaired) electrons. The second-order valence-corrected chi connectivity index (χ2v) is 6.48. The van der Waals surface area contributed by atoms with E-state index in [1.54, 1.807) is 24.7 Å². The van der Waals surface area contributed by atoms with Gasteiger partial charge in [-0.2, -0.15) is 0 Å². The molecule has 0 saturated heterocycles. The van der Waals surface area contributed by atoms with Gasteiger partial charge in [0.25, 0.3) is 5.91 Å². The Morgan fingerprint density at radius 1 is 1.35 bits per heavy atom. The topological polar surface area (TPSA) is 93.8 Å². The Labute approximate surface area is 151 Å². The molecule has 1 atom stereocenters. The van der Waals surface area contributed by atoms with Crippen LogP contribution in [-0.4, -0.2) is 32.9 Å². The summed E-state index contributed by atoms with van der Waals surface area (Å²) < 4.78 is 0. The van der Waals surface area contributed by atoms with Gasteiger partial charge in [0.15, 0.2) is 10.8 Å². The van der Waals surface area contributed by atoms with Crippen molar-refractivity contribution in [2.45, 2.75) is 25.3 Å². The molecule has 0 aromatic carbocycles. The van der Waals surface area contributed by atoms with Crippen LogP contribution in [0.4, 0.5) is 0 Å². The molecule has 2 aromatic heterocycles. The molecule has 1 unspecified atom stereocenters. The number of hydrogen-bond donors (Lipinski definition) is 2. The SMILES string of the molecule is CC(CN)(NC(=O)c1cnc(-c2ncccn2)s1)C1CC1.Cl.Cl. The van der Waals surface area contributed by atoms with Gasteiger partial charge >= 0.3 is 0 Å². The van der Waals surface area contributed by atoms with E-state index in [9.17, 15) is 4.79 Å². The summed E-state index contributed by atoms with van der Waals surface area (Å²) in [5.74, 6) is 0.885. The van der Waals surface area contributed by atoms with Gasteiger partial charge < -0.3 is 11.1 Å². The van der Waals surface area contributed by atoms with Crippen LogP contribution in [-0.2, 0) is 0 Å². The Morgan fingerprint density at radius 3 is 2.57 bits per heavy atom. The number of nitrogens with one attached hydrogen (secondary N) is 1. The fourth-order valence-electron chi connectivity index (χ4n) is 2.25. The molecule has 0 aliphatic heterocycles. The van der Waals surface area contributed by atoms with Crippen LogP contribution in [0.1, 0.15) is 29.4 Å². The number of thiazole rings is 1. The van der Waals surface area contributed by atoms with Gasteiger partial charge in [-0.1, -0.05) is 0 Å². The molecule has 3 rings (SSSR count). The first kappa shape index (κ1) is 19.8. The largest absolute Gasteiger partial charge is 0.345 e. The average molecular weight is 376 g/mol. The molecule has 0 bridgehead atoms. The van der Waals surface area contributed by atoms with Crippen molar-refractivity contribution in [3.05, 3.63) is 29.5 Å². The number of nitrogens with zero attached hydrogens (tertiary/aromatic N) is 3. The minimum absolute atomic E-state index is 0. The third-order valence-electron chi connectivity index (χ3n) is 3.79. The average Bonchev–Trinajstić information content (AvgIpc) is 3.26. The normalized spacial score (nSPS) is 15.7. The molecule has 1 saturated carbocycles. The van der Waals surface area contributed by atoms with Crippen molar-refractivity contribution in [3.63, 3.8) is 0 Å². The Kier molecular flexibility index (Phi) is 6.88. The summed E-state index contributed by atoms with van der Waals surface area (Å²) in [4.78, 5) is 25.4. The molecule has 1 amide bonds. The summed E-state index contributed by atoms with van der Waals surface area (Å²) in [5.41, 5.74) is 5.49. The van der Waals surface area contributed by atoms with Crippen LogP contribution in [0, 0.1) is 5.92 Å². The number of hydrogen-bond acceptors (Lipinski definition) is 6. The van der Waals surface area contributed by atoms with Crippen molar-refractivity contribution in [1.29, 1.82) is 0 Å². The van der Waals surface area contributed by atoms with Crippen molar-refractivity contribution < 1.29 is 4.79 Å². The Balaban J connectivity index is 0.00000132. The highest BCUT2D eigenvalue weighted by Crippen LogP contribution is 2.39. The zero-order valence-corrected chi connectivity index (χ0v) is 15.0. The molecule has 2 heterocycles. The van der Waals surface area contributed by atoms with Crippen LogP contribution in [0.5, 0.6) is 0 Å². The van der Waals surface area contributed by atoms with Crippen molar-refractivity contribution in [1.82, 2.24) is 20.3 Å². The van der Waals surface area contributed by atoms with Crippen LogP contribution in [0.3, 0.4) is 0 Å². The number of nitrogens with two attached hydrogens (primary N) is 1. The zero-order chi connectivity index (χ0) is 14.9. The molecule has 1 fully saturated rings. The second kappa shape index (κ2) is 8.01. The quantitative estimate of drug-likeness (QED) is 0.835. The number of carbonyl (C=O) groups excluding carboxylic acids is 1. The second-order valence-electron chi connectivity index (χ2n) is 5.45. The highest BCUT2D eigenvalue weighted by molar-refractivity contribution is 7.16. The number of halogens is 2. The predicted molar refractivity (Wildman–Crippen MR) is 95.3 cm³/mol. The molecule has 1 aliphatic carbocycles. The first-order chi connectivity index (χ1) is 10.1. The first-order valence-corrected chi connectivity index (χ1v) is 7.70. The van der Waals surface area contributed by atoms with E-state index in [2.05, 4.69) is 20.3 Å². The van der Waals surface area contributed by atoms with E-state index in [0.717, 1.165) is 12.8 Å². The van der Waals surface area contributed by atoms with E-state index < -0.39 is 0 Å². The maximum Gasteiger partial charge on any atom is 0.263 e. The summed E-state index contributed by atoms with van der Waals surface area (Å²) in [5, 5.41) is 3.69. The van der Waals surface area contributed by atoms with E-state index in [1.165, 1.54) is 11.3 Å². The van der Waals surface area contributed by atoms with Gasteiger partial charge in [-0.3, -0.25) is 4.79 Å². The van der Waals surface area contributed by atoms with Gasteiger partial charge in [0.2, 0.25) is 0 Å². The highest BCUT2D eigenvalue weighted by atomic mass is 35.5. The van der Waals surface area contributed by atoms with Gasteiger partial charge in [0, 0.05) is 18.9 Å². The van der Waals surface area contributed by atoms with Crippen LogP contribution in [0.15, 0.2) is 24.7 Å². The molecule has 0 spiro atoms. The number of amides is 1. The Bertz CT molecular complexity index is 650. The lowest BCUT2D eigenvalue weighted by molar-refractivity contribution is 0.0902. The molecule has 1 aliphatic rings. The summed E-state index contributed by atoms with van der Waals surface area (Å²) in [6.07, 6.45) is 7.12. The fraction of sp³-hybridized carbons (Fsp3) is 0.429. The summed E-state index contributed by atoms with van der Waals surface area (Å²) in [6.45, 7) is 2.45. The van der Waals surface area contributed by atoms with E-state index in [0.29, 0.717) is 28.2 Å². The summed E-state index contributed by atoms with van der Waals surface area (Å²) in [6, 6.07) is 1.74. The lowest BCUT2D eigenvalue weighted by Gasteiger charge is -2.29. The molecule has 126 valence electrons. The first-order valence-electron chi connectivity index (χ1n) is 6.88. The predicted octanol–water partition coefficient (Wildman–Crippen LogP) is 2.30. The van der Waals surface area contributed by atoms with Crippen molar-refractivity contribution in [2.24, 2.45) is 11.7 Å². The fourth-order valence-corrected chi connectivity index (χ4v) is 3.01. The lowest BCUT2D eigenvalue weighted by atomic mass is 9.96. The van der Waals surface area contributed by atoms with Crippen LogP contribution < -0.4 is 11.1 Å². The van der Waals surface area contributed by atoms with Crippen LogP contribution >= 0.6 is 36.2 Å². The summed E-state index contributed by atoms with van der Waals surface area (Å²) >= 11 is 1.29. The third kappa shape index (κ3) is 4.38. The maximum atomic E-state index is 12.4. The van der Waals surface area contributed by atoms with E-state index in [4.69, 9.17) is 5.73 Å². The smallest absolute Gasteiger partial charge is 0.263 e. The van der Waals surface area contributed by atoms with Crippen molar-refractivity contribution >= 4 is 42.1 Å².